The Kier molecular flexibility index (Phi) is 4.39. The molecule has 1 saturated heterocycles. The molecule has 1 aliphatic rings. The molecule has 0 spiro atoms. The number of morpholine rings is 1. The summed E-state index contributed by atoms with van der Waals surface area (Å²) in [6, 6.07) is 0. The predicted octanol–water partition coefficient (Wildman–Crippen LogP) is 0.583. The summed E-state index contributed by atoms with van der Waals surface area (Å²) < 4.78 is 6.42. The molecule has 1 fully saturated rings. The number of hydrogen-bond donors (Lipinski definition) is 1. The number of hydrogen-bond acceptors (Lipinski definition) is 6. The van der Waals surface area contributed by atoms with E-state index in [1.807, 2.05) is 4.90 Å². The van der Waals surface area contributed by atoms with E-state index < -0.39 is 5.56 Å². The third kappa shape index (κ3) is 3.05. The third-order valence-electron chi connectivity index (χ3n) is 2.87. The zero-order valence-corrected chi connectivity index (χ0v) is 11.3. The molecule has 1 aliphatic heterocycles. The van der Waals surface area contributed by atoms with Gasteiger partial charge < -0.3 is 14.8 Å². The third-order valence-corrected chi connectivity index (χ3v) is 3.22. The van der Waals surface area contributed by atoms with Gasteiger partial charge in [0.1, 0.15) is 5.02 Å². The van der Waals surface area contributed by atoms with E-state index in [2.05, 4.69) is 10.3 Å². The molecule has 1 N–H and O–H groups in total. The molecule has 0 aromatic carbocycles. The maximum atomic E-state index is 12.1. The SMILES string of the molecule is C/C(Cn1ncc(N2CCOCC2)c(Cl)c1=O)=N\O. The summed E-state index contributed by atoms with van der Waals surface area (Å²) >= 11 is 6.10. The molecule has 2 heterocycles. The minimum Gasteiger partial charge on any atom is -0.411 e. The first-order valence-electron chi connectivity index (χ1n) is 5.89. The van der Waals surface area contributed by atoms with E-state index in [-0.39, 0.29) is 11.6 Å². The molecule has 0 amide bonds. The normalized spacial score (nSPS) is 16.7. The van der Waals surface area contributed by atoms with E-state index in [0.717, 1.165) is 0 Å². The summed E-state index contributed by atoms with van der Waals surface area (Å²) in [6.45, 7) is 4.28. The van der Waals surface area contributed by atoms with E-state index in [9.17, 15) is 4.79 Å². The van der Waals surface area contributed by atoms with Gasteiger partial charge in [0.25, 0.3) is 5.56 Å². The van der Waals surface area contributed by atoms with Gasteiger partial charge in [-0.2, -0.15) is 5.10 Å². The average molecular weight is 287 g/mol. The zero-order chi connectivity index (χ0) is 13.8. The molecule has 0 unspecified atom stereocenters. The lowest BCUT2D eigenvalue weighted by Crippen LogP contribution is -2.38. The number of halogens is 1. The summed E-state index contributed by atoms with van der Waals surface area (Å²) in [5.41, 5.74) is 0.600. The van der Waals surface area contributed by atoms with E-state index in [0.29, 0.717) is 37.7 Å². The summed E-state index contributed by atoms with van der Waals surface area (Å²) in [5.74, 6) is 0. The van der Waals surface area contributed by atoms with Gasteiger partial charge >= 0.3 is 0 Å². The van der Waals surface area contributed by atoms with Gasteiger partial charge in [-0.1, -0.05) is 16.8 Å². The lowest BCUT2D eigenvalue weighted by atomic mass is 10.3. The van der Waals surface area contributed by atoms with Crippen molar-refractivity contribution in [1.29, 1.82) is 0 Å². The summed E-state index contributed by atoms with van der Waals surface area (Å²) in [7, 11) is 0. The Labute approximate surface area is 115 Å². The van der Waals surface area contributed by atoms with Crippen LogP contribution in [0.25, 0.3) is 0 Å². The summed E-state index contributed by atoms with van der Waals surface area (Å²) in [6.07, 6.45) is 1.56. The Bertz CT molecular complexity index is 537. The van der Waals surface area contributed by atoms with Gasteiger partial charge in [0.05, 0.1) is 37.4 Å². The molecule has 19 heavy (non-hydrogen) atoms. The first-order valence-corrected chi connectivity index (χ1v) is 6.27. The standard InChI is InChI=1S/C11H15ClN4O3/c1-8(14-18)7-16-11(17)10(12)9(6-13-16)15-2-4-19-5-3-15/h6,18H,2-5,7H2,1H3/b14-8+. The lowest BCUT2D eigenvalue weighted by Gasteiger charge is -2.29. The van der Waals surface area contributed by atoms with Crippen LogP contribution in [0.5, 0.6) is 0 Å². The van der Waals surface area contributed by atoms with Crippen LogP contribution in [-0.2, 0) is 11.3 Å². The molecule has 0 bridgehead atoms. The predicted molar refractivity (Wildman–Crippen MR) is 71.4 cm³/mol. The molecular weight excluding hydrogens is 272 g/mol. The number of oxime groups is 1. The summed E-state index contributed by atoms with van der Waals surface area (Å²) in [5, 5.41) is 15.8. The first-order chi connectivity index (χ1) is 9.13. The molecule has 0 radical (unpaired) electrons. The molecular formula is C11H15ClN4O3. The van der Waals surface area contributed by atoms with Gasteiger partial charge in [-0.05, 0) is 6.92 Å². The van der Waals surface area contributed by atoms with Gasteiger partial charge in [-0.25, -0.2) is 4.68 Å². The fourth-order valence-corrected chi connectivity index (χ4v) is 2.11. The Morgan fingerprint density at radius 2 is 2.26 bits per heavy atom. The molecule has 0 aliphatic carbocycles. The minimum atomic E-state index is -0.395. The number of anilines is 1. The van der Waals surface area contributed by atoms with Crippen LogP contribution >= 0.6 is 11.6 Å². The van der Waals surface area contributed by atoms with Crippen LogP contribution in [0.1, 0.15) is 6.92 Å². The molecule has 0 atom stereocenters. The van der Waals surface area contributed by atoms with Crippen LogP contribution in [-0.4, -0.2) is 47.0 Å². The van der Waals surface area contributed by atoms with Crippen molar-refractivity contribution in [2.75, 3.05) is 31.2 Å². The monoisotopic (exact) mass is 286 g/mol. The Morgan fingerprint density at radius 1 is 1.58 bits per heavy atom. The largest absolute Gasteiger partial charge is 0.411 e. The van der Waals surface area contributed by atoms with E-state index in [4.69, 9.17) is 21.5 Å². The van der Waals surface area contributed by atoms with Crippen molar-refractivity contribution in [3.8, 4) is 0 Å². The Balaban J connectivity index is 2.29. The van der Waals surface area contributed by atoms with Gasteiger partial charge in [0.15, 0.2) is 0 Å². The van der Waals surface area contributed by atoms with E-state index >= 15 is 0 Å². The summed E-state index contributed by atoms with van der Waals surface area (Å²) in [4.78, 5) is 14.0. The minimum absolute atomic E-state index is 0.110. The second-order valence-electron chi connectivity index (χ2n) is 4.24. The maximum absolute atomic E-state index is 12.1. The molecule has 8 heteroatoms. The second-order valence-corrected chi connectivity index (χ2v) is 4.62. The average Bonchev–Trinajstić information content (AvgIpc) is 2.45. The molecule has 1 aromatic rings. The van der Waals surface area contributed by atoms with Crippen LogP contribution in [0.3, 0.4) is 0 Å². The lowest BCUT2D eigenvalue weighted by molar-refractivity contribution is 0.122. The molecule has 104 valence electrons. The maximum Gasteiger partial charge on any atom is 0.288 e. The number of ether oxygens (including phenoxy) is 1. The second kappa shape index (κ2) is 6.03. The number of rotatable bonds is 3. The zero-order valence-electron chi connectivity index (χ0n) is 10.5. The highest BCUT2D eigenvalue weighted by atomic mass is 35.5. The Hall–Kier alpha value is -1.60. The van der Waals surface area contributed by atoms with E-state index in [1.54, 1.807) is 13.1 Å². The van der Waals surface area contributed by atoms with Crippen molar-refractivity contribution in [1.82, 2.24) is 9.78 Å². The van der Waals surface area contributed by atoms with Gasteiger partial charge in [0, 0.05) is 13.1 Å². The van der Waals surface area contributed by atoms with Crippen LogP contribution in [0.2, 0.25) is 5.02 Å². The van der Waals surface area contributed by atoms with Crippen LogP contribution in [0, 0.1) is 0 Å². The molecule has 1 aromatic heterocycles. The van der Waals surface area contributed by atoms with Crippen molar-refractivity contribution in [3.05, 3.63) is 21.6 Å². The molecule has 2 rings (SSSR count). The van der Waals surface area contributed by atoms with Crippen molar-refractivity contribution >= 4 is 23.0 Å². The quantitative estimate of drug-likeness (QED) is 0.499. The van der Waals surface area contributed by atoms with Gasteiger partial charge in [0.2, 0.25) is 0 Å². The van der Waals surface area contributed by atoms with Crippen LogP contribution < -0.4 is 10.5 Å². The topological polar surface area (TPSA) is 80.0 Å². The number of aromatic nitrogens is 2. The number of nitrogens with zero attached hydrogens (tertiary/aromatic N) is 4. The fraction of sp³-hybridized carbons (Fsp3) is 0.545. The van der Waals surface area contributed by atoms with Crippen molar-refractivity contribution in [2.24, 2.45) is 5.16 Å². The highest BCUT2D eigenvalue weighted by Crippen LogP contribution is 2.21. The van der Waals surface area contributed by atoms with Crippen LogP contribution in [0.15, 0.2) is 16.1 Å². The highest BCUT2D eigenvalue weighted by Gasteiger charge is 2.18. The van der Waals surface area contributed by atoms with Crippen molar-refractivity contribution in [2.45, 2.75) is 13.5 Å². The highest BCUT2D eigenvalue weighted by molar-refractivity contribution is 6.33. The smallest absolute Gasteiger partial charge is 0.288 e. The van der Waals surface area contributed by atoms with Crippen molar-refractivity contribution < 1.29 is 9.94 Å². The van der Waals surface area contributed by atoms with Gasteiger partial charge in [-0.15, -0.1) is 0 Å². The van der Waals surface area contributed by atoms with Crippen molar-refractivity contribution in [3.63, 3.8) is 0 Å². The Morgan fingerprint density at radius 3 is 2.89 bits per heavy atom. The fourth-order valence-electron chi connectivity index (χ4n) is 1.84. The van der Waals surface area contributed by atoms with E-state index in [1.165, 1.54) is 4.68 Å². The van der Waals surface area contributed by atoms with Crippen LogP contribution in [0.4, 0.5) is 5.69 Å². The van der Waals surface area contributed by atoms with Gasteiger partial charge in [-0.3, -0.25) is 4.79 Å². The molecule has 7 nitrogen and oxygen atoms in total. The molecule has 0 saturated carbocycles. The first kappa shape index (κ1) is 13.8.